The summed E-state index contributed by atoms with van der Waals surface area (Å²) < 4.78 is 26.9. The largest absolute Gasteiger partial charge is 0.313 e. The van der Waals surface area contributed by atoms with Crippen molar-refractivity contribution in [1.82, 2.24) is 9.62 Å². The number of hydrogen-bond donors (Lipinski definition) is 1. The van der Waals surface area contributed by atoms with Crippen LogP contribution in [0.4, 0.5) is 0 Å². The number of rotatable bonds is 8. The minimum absolute atomic E-state index is 0.00919. The Morgan fingerprint density at radius 3 is 2.48 bits per heavy atom. The highest BCUT2D eigenvalue weighted by atomic mass is 32.2. The lowest BCUT2D eigenvalue weighted by Gasteiger charge is -2.24. The predicted molar refractivity (Wildman–Crippen MR) is 87.9 cm³/mol. The smallest absolute Gasteiger partial charge is 0.243 e. The fourth-order valence-corrected chi connectivity index (χ4v) is 3.95. The normalized spacial score (nSPS) is 15.1. The average Bonchev–Trinajstić information content (AvgIpc) is 2.48. The highest BCUT2D eigenvalue weighted by Crippen LogP contribution is 2.23. The molecule has 21 heavy (non-hydrogen) atoms. The molecule has 1 N–H and O–H groups in total. The Bertz CT molecular complexity index is 539. The van der Waals surface area contributed by atoms with Crippen molar-refractivity contribution in [2.24, 2.45) is 0 Å². The number of hydrogen-bond acceptors (Lipinski definition) is 3. The third kappa shape index (κ3) is 4.28. The average molecular weight is 312 g/mol. The van der Waals surface area contributed by atoms with Gasteiger partial charge in [0.2, 0.25) is 10.0 Å². The number of benzene rings is 1. The van der Waals surface area contributed by atoms with Crippen LogP contribution >= 0.6 is 0 Å². The first-order valence-electron chi connectivity index (χ1n) is 7.63. The van der Waals surface area contributed by atoms with Crippen molar-refractivity contribution >= 4 is 10.0 Å². The summed E-state index contributed by atoms with van der Waals surface area (Å²) in [6.07, 6.45) is 2.75. The first kappa shape index (κ1) is 18.1. The Kier molecular flexibility index (Phi) is 6.84. The zero-order chi connectivity index (χ0) is 16.0. The van der Waals surface area contributed by atoms with Crippen LogP contribution in [-0.2, 0) is 10.0 Å². The van der Waals surface area contributed by atoms with E-state index in [-0.39, 0.29) is 12.1 Å². The van der Waals surface area contributed by atoms with E-state index in [0.29, 0.717) is 4.90 Å². The highest BCUT2D eigenvalue weighted by molar-refractivity contribution is 7.89. The van der Waals surface area contributed by atoms with E-state index in [1.807, 2.05) is 26.1 Å². The van der Waals surface area contributed by atoms with E-state index in [1.165, 1.54) is 4.31 Å². The molecule has 0 radical (unpaired) electrons. The first-order valence-corrected chi connectivity index (χ1v) is 9.07. The lowest BCUT2D eigenvalue weighted by Crippen LogP contribution is -2.35. The Balaban J connectivity index is 3.11. The van der Waals surface area contributed by atoms with E-state index in [2.05, 4.69) is 19.2 Å². The van der Waals surface area contributed by atoms with Crippen molar-refractivity contribution in [3.05, 3.63) is 29.8 Å². The minimum atomic E-state index is -3.43. The molecule has 0 aliphatic carbocycles. The second-order valence-electron chi connectivity index (χ2n) is 5.48. The van der Waals surface area contributed by atoms with Crippen molar-refractivity contribution in [1.29, 1.82) is 0 Å². The number of nitrogens with one attached hydrogen (secondary N) is 1. The maximum Gasteiger partial charge on any atom is 0.243 e. The molecule has 0 aliphatic rings. The molecule has 2 atom stereocenters. The molecule has 0 saturated carbocycles. The molecule has 0 aliphatic heterocycles. The molecule has 4 nitrogen and oxygen atoms in total. The van der Waals surface area contributed by atoms with Crippen molar-refractivity contribution < 1.29 is 8.42 Å². The van der Waals surface area contributed by atoms with Gasteiger partial charge in [0.15, 0.2) is 0 Å². The molecular weight excluding hydrogens is 284 g/mol. The van der Waals surface area contributed by atoms with Crippen molar-refractivity contribution in [2.75, 3.05) is 14.1 Å². The molecule has 1 rings (SSSR count). The van der Waals surface area contributed by atoms with Crippen molar-refractivity contribution in [3.63, 3.8) is 0 Å². The summed E-state index contributed by atoms with van der Waals surface area (Å²) in [4.78, 5) is 0.374. The SMILES string of the molecule is CCCC(C)N(C)S(=O)(=O)c1cccc(C(CC)NC)c1. The Labute approximate surface area is 129 Å². The van der Waals surface area contributed by atoms with Gasteiger partial charge in [0.25, 0.3) is 0 Å². The molecule has 0 spiro atoms. The number of sulfonamides is 1. The van der Waals surface area contributed by atoms with E-state index < -0.39 is 10.0 Å². The van der Waals surface area contributed by atoms with Gasteiger partial charge in [0.1, 0.15) is 0 Å². The molecule has 1 aromatic rings. The lowest BCUT2D eigenvalue weighted by molar-refractivity contribution is 0.368. The van der Waals surface area contributed by atoms with Gasteiger partial charge < -0.3 is 5.32 Å². The van der Waals surface area contributed by atoms with Crippen molar-refractivity contribution in [3.8, 4) is 0 Å². The zero-order valence-corrected chi connectivity index (χ0v) is 14.6. The van der Waals surface area contributed by atoms with Gasteiger partial charge in [-0.3, -0.25) is 0 Å². The van der Waals surface area contributed by atoms with Crippen molar-refractivity contribution in [2.45, 2.75) is 57.0 Å². The molecule has 2 unspecified atom stereocenters. The van der Waals surface area contributed by atoms with Gasteiger partial charge >= 0.3 is 0 Å². The maximum absolute atomic E-state index is 12.7. The Hall–Kier alpha value is -0.910. The van der Waals surface area contributed by atoms with E-state index >= 15 is 0 Å². The summed E-state index contributed by atoms with van der Waals surface area (Å²) in [6, 6.07) is 7.44. The van der Waals surface area contributed by atoms with Crippen LogP contribution < -0.4 is 5.32 Å². The lowest BCUT2D eigenvalue weighted by atomic mass is 10.1. The summed E-state index contributed by atoms with van der Waals surface area (Å²) in [5.74, 6) is 0. The van der Waals surface area contributed by atoms with Gasteiger partial charge in [-0.05, 0) is 44.5 Å². The molecule has 0 heterocycles. The van der Waals surface area contributed by atoms with Crippen LogP contribution in [0, 0.1) is 0 Å². The molecule has 0 amide bonds. The van der Waals surface area contributed by atoms with Crippen LogP contribution in [0.1, 0.15) is 51.6 Å². The standard InChI is InChI=1S/C16H28N2O2S/c1-6-9-13(3)18(5)21(19,20)15-11-8-10-14(12-15)16(7-2)17-4/h8,10-13,16-17H,6-7,9H2,1-5H3. The molecule has 0 fully saturated rings. The third-order valence-corrected chi connectivity index (χ3v) is 5.99. The van der Waals surface area contributed by atoms with Crippen LogP contribution in [0.15, 0.2) is 29.2 Å². The van der Waals surface area contributed by atoms with Gasteiger partial charge in [0, 0.05) is 19.1 Å². The molecule has 0 saturated heterocycles. The van der Waals surface area contributed by atoms with Crippen LogP contribution in [0.25, 0.3) is 0 Å². The van der Waals surface area contributed by atoms with Gasteiger partial charge in [-0.2, -0.15) is 4.31 Å². The molecule has 0 aromatic heterocycles. The summed E-state index contributed by atoms with van der Waals surface area (Å²) in [5.41, 5.74) is 1.01. The van der Waals surface area contributed by atoms with Crippen LogP contribution in [0.3, 0.4) is 0 Å². The quantitative estimate of drug-likeness (QED) is 0.802. The predicted octanol–water partition coefficient (Wildman–Crippen LogP) is 3.17. The summed E-state index contributed by atoms with van der Waals surface area (Å²) in [6.45, 7) is 6.10. The van der Waals surface area contributed by atoms with Crippen LogP contribution in [0.2, 0.25) is 0 Å². The first-order chi connectivity index (χ1) is 9.88. The van der Waals surface area contributed by atoms with Gasteiger partial charge in [-0.25, -0.2) is 8.42 Å². The zero-order valence-electron chi connectivity index (χ0n) is 13.8. The summed E-state index contributed by atoms with van der Waals surface area (Å²) in [5, 5.41) is 3.21. The van der Waals surface area contributed by atoms with Gasteiger partial charge in [0.05, 0.1) is 4.90 Å². The van der Waals surface area contributed by atoms with Gasteiger partial charge in [-0.1, -0.05) is 32.4 Å². The van der Waals surface area contributed by atoms with Crippen LogP contribution in [-0.4, -0.2) is 32.9 Å². The van der Waals surface area contributed by atoms with E-state index in [4.69, 9.17) is 0 Å². The van der Waals surface area contributed by atoms with E-state index in [1.54, 1.807) is 19.2 Å². The third-order valence-electron chi connectivity index (χ3n) is 4.02. The Morgan fingerprint density at radius 2 is 1.95 bits per heavy atom. The molecule has 0 bridgehead atoms. The van der Waals surface area contributed by atoms with E-state index in [0.717, 1.165) is 24.8 Å². The molecular formula is C16H28N2O2S. The second-order valence-corrected chi connectivity index (χ2v) is 7.48. The Morgan fingerprint density at radius 1 is 1.29 bits per heavy atom. The molecule has 5 heteroatoms. The second kappa shape index (κ2) is 7.92. The highest BCUT2D eigenvalue weighted by Gasteiger charge is 2.25. The fraction of sp³-hybridized carbons (Fsp3) is 0.625. The monoisotopic (exact) mass is 312 g/mol. The van der Waals surface area contributed by atoms with Crippen LogP contribution in [0.5, 0.6) is 0 Å². The summed E-state index contributed by atoms with van der Waals surface area (Å²) >= 11 is 0. The summed E-state index contributed by atoms with van der Waals surface area (Å²) in [7, 11) is 0.131. The fourth-order valence-electron chi connectivity index (χ4n) is 2.50. The minimum Gasteiger partial charge on any atom is -0.313 e. The molecule has 120 valence electrons. The maximum atomic E-state index is 12.7. The van der Waals surface area contributed by atoms with Gasteiger partial charge in [-0.15, -0.1) is 0 Å². The topological polar surface area (TPSA) is 49.4 Å². The van der Waals surface area contributed by atoms with E-state index in [9.17, 15) is 8.42 Å². The number of nitrogens with zero attached hydrogens (tertiary/aromatic N) is 1. The molecule has 1 aromatic carbocycles.